The van der Waals surface area contributed by atoms with Crippen LogP contribution < -0.4 is 14.9 Å². The van der Waals surface area contributed by atoms with Gasteiger partial charge < -0.3 is 9.47 Å². The van der Waals surface area contributed by atoms with Crippen molar-refractivity contribution in [1.29, 1.82) is 0 Å². The van der Waals surface area contributed by atoms with Gasteiger partial charge in [-0.1, -0.05) is 38.3 Å². The van der Waals surface area contributed by atoms with Crippen molar-refractivity contribution in [2.24, 2.45) is 5.10 Å². The van der Waals surface area contributed by atoms with Crippen molar-refractivity contribution < 1.29 is 14.3 Å². The number of hydrazone groups is 1. The van der Waals surface area contributed by atoms with Gasteiger partial charge in [-0.3, -0.25) is 4.79 Å². The molecule has 5 nitrogen and oxygen atoms in total. The number of hydrogen-bond donors (Lipinski definition) is 1. The van der Waals surface area contributed by atoms with Gasteiger partial charge in [-0.05, 0) is 42.8 Å². The monoisotopic (exact) mass is 354 g/mol. The molecule has 0 heterocycles. The normalized spacial score (nSPS) is 10.7. The van der Waals surface area contributed by atoms with Gasteiger partial charge in [0.2, 0.25) is 0 Å². The molecule has 0 unspecified atom stereocenters. The molecule has 0 aliphatic rings. The highest BCUT2D eigenvalue weighted by Gasteiger charge is 2.05. The molecule has 5 heteroatoms. The first kappa shape index (κ1) is 19.5. The molecule has 1 N–H and O–H groups in total. The summed E-state index contributed by atoms with van der Waals surface area (Å²) >= 11 is 0. The second-order valence-electron chi connectivity index (χ2n) is 5.87. The second kappa shape index (κ2) is 10.9. The van der Waals surface area contributed by atoms with Crippen LogP contribution in [0.1, 0.15) is 48.5 Å². The number of para-hydroxylation sites is 1. The van der Waals surface area contributed by atoms with Gasteiger partial charge in [0, 0.05) is 11.1 Å². The van der Waals surface area contributed by atoms with Gasteiger partial charge >= 0.3 is 0 Å². The van der Waals surface area contributed by atoms with E-state index in [1.165, 1.54) is 19.3 Å². The summed E-state index contributed by atoms with van der Waals surface area (Å²) in [6, 6.07) is 14.5. The van der Waals surface area contributed by atoms with Gasteiger partial charge in [0.25, 0.3) is 5.91 Å². The van der Waals surface area contributed by atoms with Crippen LogP contribution >= 0.6 is 0 Å². The molecule has 0 aromatic heterocycles. The van der Waals surface area contributed by atoms with Gasteiger partial charge in [0.15, 0.2) is 0 Å². The van der Waals surface area contributed by atoms with Crippen LogP contribution in [0.3, 0.4) is 0 Å². The number of unbranched alkanes of at least 4 members (excludes halogenated alkanes) is 3. The Balaban J connectivity index is 1.83. The zero-order valence-corrected chi connectivity index (χ0v) is 15.4. The van der Waals surface area contributed by atoms with Crippen LogP contribution in [0.2, 0.25) is 0 Å². The summed E-state index contributed by atoms with van der Waals surface area (Å²) in [5, 5.41) is 3.99. The van der Waals surface area contributed by atoms with Crippen molar-refractivity contribution in [2.75, 3.05) is 13.7 Å². The lowest BCUT2D eigenvalue weighted by Crippen LogP contribution is -2.17. The summed E-state index contributed by atoms with van der Waals surface area (Å²) in [6.45, 7) is 2.89. The van der Waals surface area contributed by atoms with E-state index >= 15 is 0 Å². The molecule has 0 bridgehead atoms. The molecule has 0 saturated heterocycles. The van der Waals surface area contributed by atoms with Crippen molar-refractivity contribution in [1.82, 2.24) is 5.43 Å². The first-order chi connectivity index (χ1) is 12.7. The molecule has 0 saturated carbocycles. The minimum Gasteiger partial charge on any atom is -0.496 e. The fourth-order valence-corrected chi connectivity index (χ4v) is 2.42. The third-order valence-corrected chi connectivity index (χ3v) is 3.89. The molecule has 2 aromatic carbocycles. The Morgan fingerprint density at radius 1 is 1.08 bits per heavy atom. The molecule has 0 aliphatic carbocycles. The molecule has 26 heavy (non-hydrogen) atoms. The highest BCUT2D eigenvalue weighted by molar-refractivity contribution is 5.95. The minimum atomic E-state index is -0.273. The minimum absolute atomic E-state index is 0.273. The lowest BCUT2D eigenvalue weighted by Gasteiger charge is -2.07. The van der Waals surface area contributed by atoms with E-state index in [0.717, 1.165) is 17.7 Å². The highest BCUT2D eigenvalue weighted by atomic mass is 16.5. The fourth-order valence-electron chi connectivity index (χ4n) is 2.42. The predicted molar refractivity (Wildman–Crippen MR) is 104 cm³/mol. The maximum absolute atomic E-state index is 12.1. The van der Waals surface area contributed by atoms with Gasteiger partial charge in [0.05, 0.1) is 19.9 Å². The van der Waals surface area contributed by atoms with Crippen molar-refractivity contribution in [3.63, 3.8) is 0 Å². The Bertz CT molecular complexity index is 711. The highest BCUT2D eigenvalue weighted by Crippen LogP contribution is 2.15. The first-order valence-electron chi connectivity index (χ1n) is 8.94. The number of benzene rings is 2. The standard InChI is InChI=1S/C21H26N2O3/c1-3-4-5-8-15-26-19-13-11-17(12-14-19)21(24)23-22-16-18-9-6-7-10-20(18)25-2/h6-7,9-14,16H,3-5,8,15H2,1-2H3,(H,23,24). The molecule has 2 aromatic rings. The van der Waals surface area contributed by atoms with E-state index in [1.807, 2.05) is 24.3 Å². The van der Waals surface area contributed by atoms with Gasteiger partial charge in [-0.15, -0.1) is 0 Å². The molecule has 138 valence electrons. The fraction of sp³-hybridized carbons (Fsp3) is 0.333. The topological polar surface area (TPSA) is 59.9 Å². The number of carbonyl (C=O) groups excluding carboxylic acids is 1. The number of hydrogen-bond acceptors (Lipinski definition) is 4. The quantitative estimate of drug-likeness (QED) is 0.390. The van der Waals surface area contributed by atoms with Crippen LogP contribution in [0, 0.1) is 0 Å². The number of methoxy groups -OCH3 is 1. The van der Waals surface area contributed by atoms with Crippen molar-refractivity contribution in [2.45, 2.75) is 32.6 Å². The van der Waals surface area contributed by atoms with Gasteiger partial charge in [0.1, 0.15) is 11.5 Å². The third-order valence-electron chi connectivity index (χ3n) is 3.89. The number of carbonyl (C=O) groups is 1. The van der Waals surface area contributed by atoms with Crippen LogP contribution in [0.5, 0.6) is 11.5 Å². The summed E-state index contributed by atoms with van der Waals surface area (Å²) in [6.07, 6.45) is 6.24. The number of ether oxygens (including phenoxy) is 2. The lowest BCUT2D eigenvalue weighted by atomic mass is 10.2. The summed E-state index contributed by atoms with van der Waals surface area (Å²) in [5.74, 6) is 1.20. The SMILES string of the molecule is CCCCCCOc1ccc(C(=O)NN=Cc2ccccc2OC)cc1. The van der Waals surface area contributed by atoms with E-state index in [2.05, 4.69) is 17.5 Å². The summed E-state index contributed by atoms with van der Waals surface area (Å²) < 4.78 is 10.9. The average molecular weight is 354 g/mol. The summed E-state index contributed by atoms with van der Waals surface area (Å²) in [7, 11) is 1.60. The third kappa shape index (κ3) is 6.24. The average Bonchev–Trinajstić information content (AvgIpc) is 2.68. The molecule has 0 radical (unpaired) electrons. The van der Waals surface area contributed by atoms with E-state index in [-0.39, 0.29) is 5.91 Å². The Kier molecular flexibility index (Phi) is 8.19. The van der Waals surface area contributed by atoms with Crippen molar-refractivity contribution >= 4 is 12.1 Å². The van der Waals surface area contributed by atoms with E-state index in [0.29, 0.717) is 17.9 Å². The van der Waals surface area contributed by atoms with Crippen molar-refractivity contribution in [3.05, 3.63) is 59.7 Å². The largest absolute Gasteiger partial charge is 0.496 e. The van der Waals surface area contributed by atoms with Crippen molar-refractivity contribution in [3.8, 4) is 11.5 Å². The first-order valence-corrected chi connectivity index (χ1v) is 8.94. The summed E-state index contributed by atoms with van der Waals surface area (Å²) in [4.78, 5) is 12.1. The van der Waals surface area contributed by atoms with Crippen LogP contribution in [0.25, 0.3) is 0 Å². The molecule has 1 amide bonds. The Morgan fingerprint density at radius 2 is 1.85 bits per heavy atom. The molecule has 0 aliphatic heterocycles. The maximum atomic E-state index is 12.1. The molecule has 0 spiro atoms. The predicted octanol–water partition coefficient (Wildman–Crippen LogP) is 4.42. The smallest absolute Gasteiger partial charge is 0.271 e. The van der Waals surface area contributed by atoms with Gasteiger partial charge in [-0.2, -0.15) is 5.10 Å². The number of rotatable bonds is 10. The lowest BCUT2D eigenvalue weighted by molar-refractivity contribution is 0.0955. The Labute approximate surface area is 155 Å². The van der Waals surface area contributed by atoms with Crippen LogP contribution in [0.15, 0.2) is 53.6 Å². The summed E-state index contributed by atoms with van der Waals surface area (Å²) in [5.41, 5.74) is 3.84. The van der Waals surface area contributed by atoms with Crippen LogP contribution in [-0.2, 0) is 0 Å². The zero-order chi connectivity index (χ0) is 18.6. The second-order valence-corrected chi connectivity index (χ2v) is 5.87. The molecule has 0 atom stereocenters. The Morgan fingerprint density at radius 3 is 2.58 bits per heavy atom. The van der Waals surface area contributed by atoms with E-state index < -0.39 is 0 Å². The van der Waals surface area contributed by atoms with Crippen LogP contribution in [0.4, 0.5) is 0 Å². The van der Waals surface area contributed by atoms with Crippen LogP contribution in [-0.4, -0.2) is 25.8 Å². The number of amides is 1. The zero-order valence-electron chi connectivity index (χ0n) is 15.4. The molecule has 0 fully saturated rings. The number of nitrogens with zero attached hydrogens (tertiary/aromatic N) is 1. The van der Waals surface area contributed by atoms with Gasteiger partial charge in [-0.25, -0.2) is 5.43 Å². The number of nitrogens with one attached hydrogen (secondary N) is 1. The maximum Gasteiger partial charge on any atom is 0.271 e. The van der Waals surface area contributed by atoms with E-state index in [9.17, 15) is 4.79 Å². The van der Waals surface area contributed by atoms with E-state index in [1.54, 1.807) is 37.6 Å². The Hall–Kier alpha value is -2.82. The molecular formula is C21H26N2O3. The molecular weight excluding hydrogens is 328 g/mol. The molecule has 2 rings (SSSR count). The van der Waals surface area contributed by atoms with E-state index in [4.69, 9.17) is 9.47 Å².